The molecule has 0 aliphatic heterocycles. The lowest BCUT2D eigenvalue weighted by atomic mass is 10.0. The van der Waals surface area contributed by atoms with Crippen LogP contribution in [0, 0.1) is 5.92 Å². The van der Waals surface area contributed by atoms with E-state index in [1.807, 2.05) is 49.4 Å². The number of hydrogen-bond acceptors (Lipinski definition) is 2. The Morgan fingerprint density at radius 2 is 1.90 bits per heavy atom. The molecular weight excluding hydrogens is 252 g/mol. The van der Waals surface area contributed by atoms with Crippen molar-refractivity contribution in [1.29, 1.82) is 0 Å². The summed E-state index contributed by atoms with van der Waals surface area (Å²) in [5.41, 5.74) is 1.94. The summed E-state index contributed by atoms with van der Waals surface area (Å²) in [7, 11) is 0. The van der Waals surface area contributed by atoms with E-state index < -0.39 is 11.9 Å². The molecule has 0 radical (unpaired) electrons. The second kappa shape index (κ2) is 8.10. The maximum absolute atomic E-state index is 11.7. The lowest BCUT2D eigenvalue weighted by molar-refractivity contribution is -0.141. The van der Waals surface area contributed by atoms with Crippen LogP contribution in [0.1, 0.15) is 32.3 Å². The van der Waals surface area contributed by atoms with E-state index >= 15 is 0 Å². The Morgan fingerprint density at radius 1 is 1.25 bits per heavy atom. The van der Waals surface area contributed by atoms with Crippen molar-refractivity contribution >= 4 is 17.8 Å². The molecule has 0 amide bonds. The maximum atomic E-state index is 11.7. The third-order valence-electron chi connectivity index (χ3n) is 2.97. The van der Waals surface area contributed by atoms with Gasteiger partial charge in [0.05, 0.1) is 5.92 Å². The van der Waals surface area contributed by atoms with Crippen molar-refractivity contribution in [3.8, 4) is 0 Å². The van der Waals surface area contributed by atoms with E-state index in [0.29, 0.717) is 6.42 Å². The molecule has 1 N–H and O–H groups in total. The Balaban J connectivity index is 2.50. The van der Waals surface area contributed by atoms with Crippen LogP contribution in [0.2, 0.25) is 0 Å². The smallest absolute Gasteiger partial charge is 0.306 e. The number of aliphatic carboxylic acids is 1. The number of carbonyl (C=O) groups is 2. The van der Waals surface area contributed by atoms with Gasteiger partial charge in [0.15, 0.2) is 5.78 Å². The molecule has 0 spiro atoms. The first kappa shape index (κ1) is 15.9. The van der Waals surface area contributed by atoms with Crippen molar-refractivity contribution in [2.75, 3.05) is 0 Å². The van der Waals surface area contributed by atoms with Crippen molar-refractivity contribution in [1.82, 2.24) is 0 Å². The minimum atomic E-state index is -0.859. The highest BCUT2D eigenvalue weighted by Crippen LogP contribution is 2.09. The summed E-state index contributed by atoms with van der Waals surface area (Å²) in [4.78, 5) is 22.3. The minimum absolute atomic E-state index is 0.0340. The van der Waals surface area contributed by atoms with Gasteiger partial charge in [0, 0.05) is 6.42 Å². The molecule has 1 rings (SSSR count). The van der Waals surface area contributed by atoms with Gasteiger partial charge in [0.1, 0.15) is 0 Å². The molecule has 0 heterocycles. The van der Waals surface area contributed by atoms with E-state index in [2.05, 4.69) is 0 Å². The summed E-state index contributed by atoms with van der Waals surface area (Å²) >= 11 is 0. The zero-order valence-corrected chi connectivity index (χ0v) is 11.9. The fourth-order valence-corrected chi connectivity index (χ4v) is 1.65. The third kappa shape index (κ3) is 6.14. The lowest BCUT2D eigenvalue weighted by Gasteiger charge is -2.03. The van der Waals surface area contributed by atoms with Crippen LogP contribution in [0.3, 0.4) is 0 Å². The van der Waals surface area contributed by atoms with Crippen LogP contribution in [-0.2, 0) is 9.59 Å². The molecule has 0 aliphatic carbocycles. The fraction of sp³-hybridized carbons (Fsp3) is 0.294. The van der Waals surface area contributed by atoms with Gasteiger partial charge in [-0.25, -0.2) is 0 Å². The monoisotopic (exact) mass is 272 g/mol. The van der Waals surface area contributed by atoms with Gasteiger partial charge in [0.25, 0.3) is 0 Å². The average Bonchev–Trinajstić information content (AvgIpc) is 2.43. The van der Waals surface area contributed by atoms with E-state index in [9.17, 15) is 9.59 Å². The van der Waals surface area contributed by atoms with Crippen LogP contribution in [0.25, 0.3) is 6.08 Å². The molecule has 3 nitrogen and oxygen atoms in total. The second-order valence-corrected chi connectivity index (χ2v) is 4.88. The van der Waals surface area contributed by atoms with Crippen LogP contribution in [0.4, 0.5) is 0 Å². The predicted molar refractivity (Wildman–Crippen MR) is 80.3 cm³/mol. The summed E-state index contributed by atoms with van der Waals surface area (Å²) in [6.45, 7) is 3.47. The highest BCUT2D eigenvalue weighted by molar-refractivity contribution is 5.91. The number of rotatable bonds is 7. The maximum Gasteiger partial charge on any atom is 0.306 e. The Bertz CT molecular complexity index is 512. The number of hydrogen-bond donors (Lipinski definition) is 1. The molecule has 0 aliphatic rings. The van der Waals surface area contributed by atoms with Crippen molar-refractivity contribution < 1.29 is 14.7 Å². The predicted octanol–water partition coefficient (Wildman–Crippen LogP) is 3.72. The lowest BCUT2D eigenvalue weighted by Crippen LogP contribution is -2.10. The van der Waals surface area contributed by atoms with E-state index in [4.69, 9.17) is 5.11 Å². The number of allylic oxidation sites excluding steroid dienone is 3. The third-order valence-corrected chi connectivity index (χ3v) is 2.97. The molecule has 1 atom stereocenters. The van der Waals surface area contributed by atoms with Crippen LogP contribution in [-0.4, -0.2) is 16.9 Å². The SMILES string of the molecule is CC(C=Cc1ccccc1)=CC(=O)CCC(C)C(=O)O. The number of carboxylic acids is 1. The van der Waals surface area contributed by atoms with Gasteiger partial charge in [-0.2, -0.15) is 0 Å². The summed E-state index contributed by atoms with van der Waals surface area (Å²) in [5, 5.41) is 8.75. The Morgan fingerprint density at radius 3 is 2.50 bits per heavy atom. The summed E-state index contributed by atoms with van der Waals surface area (Å²) in [6, 6.07) is 9.84. The van der Waals surface area contributed by atoms with Gasteiger partial charge in [-0.15, -0.1) is 0 Å². The van der Waals surface area contributed by atoms with Gasteiger partial charge in [0.2, 0.25) is 0 Å². The minimum Gasteiger partial charge on any atom is -0.481 e. The van der Waals surface area contributed by atoms with E-state index in [1.165, 1.54) is 0 Å². The largest absolute Gasteiger partial charge is 0.481 e. The van der Waals surface area contributed by atoms with Gasteiger partial charge in [-0.05, 0) is 30.6 Å². The molecule has 0 saturated carbocycles. The zero-order chi connectivity index (χ0) is 15.0. The molecule has 20 heavy (non-hydrogen) atoms. The molecule has 0 bridgehead atoms. The van der Waals surface area contributed by atoms with Gasteiger partial charge < -0.3 is 5.11 Å². The Labute approximate surface area is 119 Å². The highest BCUT2D eigenvalue weighted by Gasteiger charge is 2.11. The first-order chi connectivity index (χ1) is 9.49. The number of carboxylic acid groups (broad SMARTS) is 1. The number of carbonyl (C=O) groups excluding carboxylic acids is 1. The summed E-state index contributed by atoms with van der Waals surface area (Å²) in [5.74, 6) is -1.37. The van der Waals surface area contributed by atoms with Crippen LogP contribution >= 0.6 is 0 Å². The van der Waals surface area contributed by atoms with Gasteiger partial charge in [-0.1, -0.05) is 49.4 Å². The standard InChI is InChI=1S/C17H20O3/c1-13(8-10-15-6-4-3-5-7-15)12-16(18)11-9-14(2)17(19)20/h3-8,10,12,14H,9,11H2,1-2H3,(H,19,20). The molecule has 106 valence electrons. The van der Waals surface area contributed by atoms with Crippen LogP contribution in [0.5, 0.6) is 0 Å². The average molecular weight is 272 g/mol. The first-order valence-electron chi connectivity index (χ1n) is 6.66. The Kier molecular flexibility index (Phi) is 6.44. The van der Waals surface area contributed by atoms with Crippen molar-refractivity contribution in [2.24, 2.45) is 5.92 Å². The number of benzene rings is 1. The molecular formula is C17H20O3. The van der Waals surface area contributed by atoms with Crippen molar-refractivity contribution in [3.05, 3.63) is 53.6 Å². The zero-order valence-electron chi connectivity index (χ0n) is 11.9. The van der Waals surface area contributed by atoms with Crippen molar-refractivity contribution in [2.45, 2.75) is 26.7 Å². The summed E-state index contributed by atoms with van der Waals surface area (Å²) in [6.07, 6.45) is 6.03. The quantitative estimate of drug-likeness (QED) is 0.608. The van der Waals surface area contributed by atoms with E-state index in [-0.39, 0.29) is 12.2 Å². The number of ketones is 1. The van der Waals surface area contributed by atoms with Gasteiger partial charge >= 0.3 is 5.97 Å². The molecule has 1 aromatic rings. The second-order valence-electron chi connectivity index (χ2n) is 4.88. The molecule has 1 unspecified atom stereocenters. The van der Waals surface area contributed by atoms with Crippen molar-refractivity contribution in [3.63, 3.8) is 0 Å². The molecule has 1 aromatic carbocycles. The molecule has 0 saturated heterocycles. The van der Waals surface area contributed by atoms with E-state index in [1.54, 1.807) is 13.0 Å². The van der Waals surface area contributed by atoms with Gasteiger partial charge in [-0.3, -0.25) is 9.59 Å². The molecule has 3 heteroatoms. The summed E-state index contributed by atoms with van der Waals surface area (Å²) < 4.78 is 0. The van der Waals surface area contributed by atoms with E-state index in [0.717, 1.165) is 11.1 Å². The van der Waals surface area contributed by atoms with Crippen LogP contribution < -0.4 is 0 Å². The normalized spacial score (nSPS) is 13.4. The first-order valence-corrected chi connectivity index (χ1v) is 6.66. The topological polar surface area (TPSA) is 54.4 Å². The van der Waals surface area contributed by atoms with Crippen LogP contribution in [0.15, 0.2) is 48.1 Å². The highest BCUT2D eigenvalue weighted by atomic mass is 16.4. The molecule has 0 aromatic heterocycles. The fourth-order valence-electron chi connectivity index (χ4n) is 1.65. The molecule has 0 fully saturated rings. The Hall–Kier alpha value is -2.16.